The molecule has 4 nitrogen and oxygen atoms in total. The van der Waals surface area contributed by atoms with E-state index >= 15 is 0 Å². The van der Waals surface area contributed by atoms with Gasteiger partial charge in [0.05, 0.1) is 0 Å². The van der Waals surface area contributed by atoms with Crippen LogP contribution in [0.1, 0.15) is 16.0 Å². The van der Waals surface area contributed by atoms with Crippen molar-refractivity contribution in [2.24, 2.45) is 0 Å². The number of rotatable bonds is 6. The van der Waals surface area contributed by atoms with E-state index in [9.17, 15) is 4.79 Å². The number of nitrogens with zero attached hydrogens (tertiary/aromatic N) is 2. The Kier molecular flexibility index (Phi) is 5.03. The Morgan fingerprint density at radius 3 is 3.05 bits per heavy atom. The summed E-state index contributed by atoms with van der Waals surface area (Å²) >= 11 is 1.64. The van der Waals surface area contributed by atoms with Gasteiger partial charge in [0, 0.05) is 36.4 Å². The zero-order chi connectivity index (χ0) is 14.4. The lowest BCUT2D eigenvalue weighted by molar-refractivity contribution is -0.131. The topological polar surface area (TPSA) is 53.4 Å². The molecule has 0 fully saturated rings. The second-order valence-corrected chi connectivity index (χ2v) is 5.55. The van der Waals surface area contributed by atoms with Gasteiger partial charge in [0.1, 0.15) is 0 Å². The largest absolute Gasteiger partial charge is 0.478 e. The fraction of sp³-hybridized carbons (Fsp3) is 0.200. The summed E-state index contributed by atoms with van der Waals surface area (Å²) in [6.07, 6.45) is 6.41. The van der Waals surface area contributed by atoms with Crippen LogP contribution in [0.3, 0.4) is 0 Å². The maximum atomic E-state index is 10.5. The summed E-state index contributed by atoms with van der Waals surface area (Å²) in [5, 5.41) is 10.6. The Hall–Kier alpha value is -1.98. The van der Waals surface area contributed by atoms with Gasteiger partial charge in [-0.1, -0.05) is 6.07 Å². The van der Waals surface area contributed by atoms with Gasteiger partial charge < -0.3 is 5.11 Å². The third-order valence-corrected chi connectivity index (χ3v) is 3.63. The first-order chi connectivity index (χ1) is 9.63. The Balaban J connectivity index is 1.91. The molecule has 0 saturated heterocycles. The number of carboxylic acid groups (broad SMARTS) is 1. The monoisotopic (exact) mass is 288 g/mol. The zero-order valence-electron chi connectivity index (χ0n) is 11.2. The van der Waals surface area contributed by atoms with Crippen molar-refractivity contribution in [2.75, 3.05) is 7.05 Å². The van der Waals surface area contributed by atoms with E-state index in [2.05, 4.69) is 23.0 Å². The molecular weight excluding hydrogens is 272 g/mol. The van der Waals surface area contributed by atoms with Gasteiger partial charge in [-0.25, -0.2) is 4.79 Å². The van der Waals surface area contributed by atoms with Crippen molar-refractivity contribution >= 4 is 23.4 Å². The molecule has 1 N–H and O–H groups in total. The third kappa shape index (κ3) is 4.60. The van der Waals surface area contributed by atoms with Gasteiger partial charge in [-0.05, 0) is 41.8 Å². The van der Waals surface area contributed by atoms with Crippen LogP contribution >= 0.6 is 11.3 Å². The van der Waals surface area contributed by atoms with Gasteiger partial charge >= 0.3 is 5.97 Å². The summed E-state index contributed by atoms with van der Waals surface area (Å²) in [6.45, 7) is 1.67. The molecule has 5 heteroatoms. The molecule has 0 radical (unpaired) electrons. The molecule has 0 aliphatic carbocycles. The number of hydrogen-bond acceptors (Lipinski definition) is 4. The summed E-state index contributed by atoms with van der Waals surface area (Å²) in [5.41, 5.74) is 2.11. The summed E-state index contributed by atoms with van der Waals surface area (Å²) in [4.78, 5) is 18.0. The lowest BCUT2D eigenvalue weighted by Gasteiger charge is -2.15. The van der Waals surface area contributed by atoms with Gasteiger partial charge in [0.2, 0.25) is 0 Å². The number of pyridine rings is 1. The molecule has 104 valence electrons. The van der Waals surface area contributed by atoms with Crippen LogP contribution < -0.4 is 0 Å². The van der Waals surface area contributed by atoms with Crippen molar-refractivity contribution in [2.45, 2.75) is 13.1 Å². The SMILES string of the molecule is CN(Cc1cccnc1)Cc1cc(C=CC(=O)O)cs1. The fourth-order valence-electron chi connectivity index (χ4n) is 1.86. The molecule has 0 saturated carbocycles. The smallest absolute Gasteiger partial charge is 0.328 e. The van der Waals surface area contributed by atoms with Crippen LogP contribution in [0.4, 0.5) is 0 Å². The average molecular weight is 288 g/mol. The molecule has 0 aliphatic heterocycles. The van der Waals surface area contributed by atoms with E-state index in [1.54, 1.807) is 23.6 Å². The number of aromatic nitrogens is 1. The number of thiophene rings is 1. The van der Waals surface area contributed by atoms with E-state index in [4.69, 9.17) is 5.11 Å². The van der Waals surface area contributed by atoms with Crippen molar-refractivity contribution in [3.63, 3.8) is 0 Å². The minimum absolute atomic E-state index is 0.834. The predicted molar refractivity (Wildman–Crippen MR) is 80.4 cm³/mol. The standard InChI is InChI=1S/C15H16N2O2S/c1-17(9-13-3-2-6-16-8-13)10-14-7-12(11-20-14)4-5-15(18)19/h2-8,11H,9-10H2,1H3,(H,18,19). The van der Waals surface area contributed by atoms with Crippen LogP contribution in [0.5, 0.6) is 0 Å². The van der Waals surface area contributed by atoms with Crippen LogP contribution in [0.15, 0.2) is 42.0 Å². The molecule has 0 aliphatic rings. The Labute approximate surface area is 122 Å². The third-order valence-electron chi connectivity index (χ3n) is 2.69. The fourth-order valence-corrected chi connectivity index (χ4v) is 2.79. The summed E-state index contributed by atoms with van der Waals surface area (Å²) in [6, 6.07) is 6.01. The molecule has 2 aromatic heterocycles. The second-order valence-electron chi connectivity index (χ2n) is 4.55. The molecule has 0 atom stereocenters. The van der Waals surface area contributed by atoms with Gasteiger partial charge in [0.15, 0.2) is 0 Å². The lowest BCUT2D eigenvalue weighted by atomic mass is 10.2. The molecule has 0 spiro atoms. The first-order valence-electron chi connectivity index (χ1n) is 6.19. The zero-order valence-corrected chi connectivity index (χ0v) is 12.0. The van der Waals surface area contributed by atoms with Crippen molar-refractivity contribution in [1.82, 2.24) is 9.88 Å². The van der Waals surface area contributed by atoms with E-state index in [-0.39, 0.29) is 0 Å². The van der Waals surface area contributed by atoms with Crippen molar-refractivity contribution in [3.8, 4) is 0 Å². The van der Waals surface area contributed by atoms with E-state index in [1.165, 1.54) is 10.4 Å². The van der Waals surface area contributed by atoms with Crippen molar-refractivity contribution in [1.29, 1.82) is 0 Å². The first kappa shape index (κ1) is 14.4. The van der Waals surface area contributed by atoms with E-state index in [0.29, 0.717) is 0 Å². The molecule has 0 amide bonds. The quantitative estimate of drug-likeness (QED) is 0.830. The van der Waals surface area contributed by atoms with Crippen molar-refractivity contribution < 1.29 is 9.90 Å². The maximum Gasteiger partial charge on any atom is 0.328 e. The molecule has 2 heterocycles. The number of aliphatic carboxylic acids is 1. The van der Waals surface area contributed by atoms with Crippen LogP contribution in [0.2, 0.25) is 0 Å². The molecule has 0 unspecified atom stereocenters. The average Bonchev–Trinajstić information content (AvgIpc) is 2.85. The van der Waals surface area contributed by atoms with Gasteiger partial charge in [-0.3, -0.25) is 9.88 Å². The normalized spacial score (nSPS) is 11.3. The highest BCUT2D eigenvalue weighted by Crippen LogP contribution is 2.18. The molecule has 2 rings (SSSR count). The minimum Gasteiger partial charge on any atom is -0.478 e. The van der Waals surface area contributed by atoms with E-state index in [0.717, 1.165) is 24.7 Å². The summed E-state index contributed by atoms with van der Waals surface area (Å²) in [5.74, 6) is -0.925. The van der Waals surface area contributed by atoms with E-state index in [1.807, 2.05) is 23.7 Å². The Bertz CT molecular complexity index is 593. The van der Waals surface area contributed by atoms with Crippen LogP contribution in [-0.4, -0.2) is 28.0 Å². The number of carboxylic acids is 1. The molecule has 0 aromatic carbocycles. The van der Waals surface area contributed by atoms with Gasteiger partial charge in [-0.2, -0.15) is 0 Å². The Morgan fingerprint density at radius 2 is 2.35 bits per heavy atom. The molecular formula is C15H16N2O2S. The highest BCUT2D eigenvalue weighted by atomic mass is 32.1. The van der Waals surface area contributed by atoms with E-state index < -0.39 is 5.97 Å². The van der Waals surface area contributed by atoms with Gasteiger partial charge in [0.25, 0.3) is 0 Å². The minimum atomic E-state index is -0.925. The highest BCUT2D eigenvalue weighted by molar-refractivity contribution is 7.10. The molecule has 2 aromatic rings. The molecule has 0 bridgehead atoms. The van der Waals surface area contributed by atoms with Crippen molar-refractivity contribution in [3.05, 3.63) is 58.1 Å². The maximum absolute atomic E-state index is 10.5. The lowest BCUT2D eigenvalue weighted by Crippen LogP contribution is -2.16. The van der Waals surface area contributed by atoms with Crippen LogP contribution in [-0.2, 0) is 17.9 Å². The summed E-state index contributed by atoms with van der Waals surface area (Å²) in [7, 11) is 2.06. The number of hydrogen-bond donors (Lipinski definition) is 1. The second kappa shape index (κ2) is 6.98. The number of carbonyl (C=O) groups is 1. The van der Waals surface area contributed by atoms with Crippen LogP contribution in [0.25, 0.3) is 6.08 Å². The first-order valence-corrected chi connectivity index (χ1v) is 7.07. The van der Waals surface area contributed by atoms with Crippen LogP contribution in [0, 0.1) is 0 Å². The highest BCUT2D eigenvalue weighted by Gasteiger charge is 2.04. The molecule has 20 heavy (non-hydrogen) atoms. The predicted octanol–water partition coefficient (Wildman–Crippen LogP) is 2.87. The Morgan fingerprint density at radius 1 is 1.50 bits per heavy atom. The summed E-state index contributed by atoms with van der Waals surface area (Å²) < 4.78 is 0. The van der Waals surface area contributed by atoms with Gasteiger partial charge in [-0.15, -0.1) is 11.3 Å².